The van der Waals surface area contributed by atoms with E-state index in [1.54, 1.807) is 13.2 Å². The Morgan fingerprint density at radius 1 is 1.24 bits per heavy atom. The fourth-order valence-electron chi connectivity index (χ4n) is 1.57. The first kappa shape index (κ1) is 14.0. The highest BCUT2D eigenvalue weighted by Crippen LogP contribution is 2.10. The lowest BCUT2D eigenvalue weighted by molar-refractivity contribution is 0.146. The van der Waals surface area contributed by atoms with Gasteiger partial charge in [-0.3, -0.25) is 4.90 Å². The summed E-state index contributed by atoms with van der Waals surface area (Å²) in [7, 11) is 1.62. The lowest BCUT2D eigenvalue weighted by Crippen LogP contribution is -2.32. The van der Waals surface area contributed by atoms with Gasteiger partial charge in [0.25, 0.3) is 0 Å². The molecule has 3 nitrogen and oxygen atoms in total. The van der Waals surface area contributed by atoms with E-state index in [0.717, 1.165) is 11.6 Å². The summed E-state index contributed by atoms with van der Waals surface area (Å²) in [5, 5.41) is 0. The van der Waals surface area contributed by atoms with Crippen molar-refractivity contribution in [2.75, 3.05) is 33.4 Å². The van der Waals surface area contributed by atoms with E-state index in [0.29, 0.717) is 32.8 Å². The Labute approximate surface area is 100 Å². The van der Waals surface area contributed by atoms with Crippen molar-refractivity contribution in [3.63, 3.8) is 0 Å². The summed E-state index contributed by atoms with van der Waals surface area (Å²) in [5.74, 6) is -1.64. The monoisotopic (exact) mass is 244 g/mol. The third kappa shape index (κ3) is 4.77. The predicted octanol–water partition coefficient (Wildman–Crippen LogP) is 1.37. The first-order valence-electron chi connectivity index (χ1n) is 5.52. The van der Waals surface area contributed by atoms with Crippen LogP contribution in [-0.4, -0.2) is 38.3 Å². The zero-order chi connectivity index (χ0) is 12.7. The van der Waals surface area contributed by atoms with Crippen molar-refractivity contribution < 1.29 is 13.5 Å². The summed E-state index contributed by atoms with van der Waals surface area (Å²) >= 11 is 0. The molecule has 0 heterocycles. The third-order valence-corrected chi connectivity index (χ3v) is 2.45. The van der Waals surface area contributed by atoms with Crippen molar-refractivity contribution in [1.82, 2.24) is 4.90 Å². The molecule has 0 aliphatic heterocycles. The Hall–Kier alpha value is -1.04. The number of ether oxygens (including phenoxy) is 1. The molecule has 1 aromatic carbocycles. The SMILES string of the molecule is COCCN(CCN)Cc1ccc(F)c(F)c1. The standard InChI is InChI=1S/C12H18F2N2O/c1-17-7-6-16(5-4-15)9-10-2-3-11(13)12(14)8-10/h2-3,8H,4-7,9,15H2,1H3. The first-order chi connectivity index (χ1) is 8.17. The molecule has 96 valence electrons. The predicted molar refractivity (Wildman–Crippen MR) is 62.6 cm³/mol. The molecule has 1 aromatic rings. The molecule has 0 spiro atoms. The van der Waals surface area contributed by atoms with Gasteiger partial charge in [0.1, 0.15) is 0 Å². The average molecular weight is 244 g/mol. The number of methoxy groups -OCH3 is 1. The van der Waals surface area contributed by atoms with Crippen molar-refractivity contribution in [1.29, 1.82) is 0 Å². The van der Waals surface area contributed by atoms with E-state index < -0.39 is 11.6 Å². The Morgan fingerprint density at radius 2 is 2.00 bits per heavy atom. The second-order valence-corrected chi connectivity index (χ2v) is 3.81. The fraction of sp³-hybridized carbons (Fsp3) is 0.500. The third-order valence-electron chi connectivity index (χ3n) is 2.45. The van der Waals surface area contributed by atoms with Gasteiger partial charge in [0.2, 0.25) is 0 Å². The van der Waals surface area contributed by atoms with Gasteiger partial charge in [0.15, 0.2) is 11.6 Å². The molecule has 0 unspecified atom stereocenters. The van der Waals surface area contributed by atoms with E-state index in [1.807, 2.05) is 4.90 Å². The Morgan fingerprint density at radius 3 is 2.59 bits per heavy atom. The van der Waals surface area contributed by atoms with E-state index >= 15 is 0 Å². The maximum Gasteiger partial charge on any atom is 0.159 e. The van der Waals surface area contributed by atoms with Gasteiger partial charge in [-0.05, 0) is 17.7 Å². The van der Waals surface area contributed by atoms with E-state index in [4.69, 9.17) is 10.5 Å². The van der Waals surface area contributed by atoms with Crippen molar-refractivity contribution in [2.45, 2.75) is 6.54 Å². The zero-order valence-corrected chi connectivity index (χ0v) is 9.96. The second-order valence-electron chi connectivity index (χ2n) is 3.81. The van der Waals surface area contributed by atoms with E-state index in [9.17, 15) is 8.78 Å². The van der Waals surface area contributed by atoms with Crippen LogP contribution in [0.5, 0.6) is 0 Å². The van der Waals surface area contributed by atoms with Gasteiger partial charge < -0.3 is 10.5 Å². The van der Waals surface area contributed by atoms with Gasteiger partial charge in [-0.1, -0.05) is 6.07 Å². The number of nitrogens with two attached hydrogens (primary N) is 1. The van der Waals surface area contributed by atoms with E-state index in [-0.39, 0.29) is 0 Å². The maximum absolute atomic E-state index is 13.0. The average Bonchev–Trinajstić information content (AvgIpc) is 2.31. The first-order valence-corrected chi connectivity index (χ1v) is 5.52. The van der Waals surface area contributed by atoms with Crippen LogP contribution in [0.3, 0.4) is 0 Å². The Bertz CT molecular complexity index is 347. The minimum absolute atomic E-state index is 0.521. The molecular formula is C12H18F2N2O. The number of benzene rings is 1. The van der Waals surface area contributed by atoms with Crippen LogP contribution < -0.4 is 5.73 Å². The Balaban J connectivity index is 2.61. The molecule has 17 heavy (non-hydrogen) atoms. The molecule has 5 heteroatoms. The molecule has 0 saturated carbocycles. The van der Waals surface area contributed by atoms with E-state index in [2.05, 4.69) is 0 Å². The minimum Gasteiger partial charge on any atom is -0.383 e. The second kappa shape index (κ2) is 7.32. The maximum atomic E-state index is 13.0. The van der Waals surface area contributed by atoms with Crippen molar-refractivity contribution in [3.8, 4) is 0 Å². The van der Waals surface area contributed by atoms with Crippen LogP contribution in [0.25, 0.3) is 0 Å². The summed E-state index contributed by atoms with van der Waals surface area (Å²) in [4.78, 5) is 2.04. The van der Waals surface area contributed by atoms with E-state index in [1.165, 1.54) is 6.07 Å². The van der Waals surface area contributed by atoms with Gasteiger partial charge in [-0.2, -0.15) is 0 Å². The smallest absolute Gasteiger partial charge is 0.159 e. The summed E-state index contributed by atoms with van der Waals surface area (Å²) < 4.78 is 30.8. The number of rotatable bonds is 7. The van der Waals surface area contributed by atoms with Gasteiger partial charge in [-0.15, -0.1) is 0 Å². The van der Waals surface area contributed by atoms with Crippen molar-refractivity contribution in [3.05, 3.63) is 35.4 Å². The topological polar surface area (TPSA) is 38.5 Å². The molecule has 0 aliphatic carbocycles. The van der Waals surface area contributed by atoms with Crippen molar-refractivity contribution >= 4 is 0 Å². The van der Waals surface area contributed by atoms with Crippen LogP contribution in [0.1, 0.15) is 5.56 Å². The largest absolute Gasteiger partial charge is 0.383 e. The van der Waals surface area contributed by atoms with Crippen LogP contribution in [0.15, 0.2) is 18.2 Å². The van der Waals surface area contributed by atoms with Gasteiger partial charge in [-0.25, -0.2) is 8.78 Å². The molecule has 0 amide bonds. The summed E-state index contributed by atoms with van der Waals surface area (Å²) in [6.07, 6.45) is 0. The van der Waals surface area contributed by atoms with Crippen LogP contribution >= 0.6 is 0 Å². The number of hydrogen-bond acceptors (Lipinski definition) is 3. The molecule has 0 saturated heterocycles. The van der Waals surface area contributed by atoms with Crippen molar-refractivity contribution in [2.24, 2.45) is 5.73 Å². The summed E-state index contributed by atoms with van der Waals surface area (Å²) in [6, 6.07) is 3.93. The summed E-state index contributed by atoms with van der Waals surface area (Å²) in [5.41, 5.74) is 6.22. The van der Waals surface area contributed by atoms with Crippen LogP contribution in [-0.2, 0) is 11.3 Å². The highest BCUT2D eigenvalue weighted by Gasteiger charge is 2.07. The molecule has 2 N–H and O–H groups in total. The molecule has 0 aliphatic rings. The quantitative estimate of drug-likeness (QED) is 0.787. The molecule has 0 bridgehead atoms. The minimum atomic E-state index is -0.823. The number of hydrogen-bond donors (Lipinski definition) is 1. The van der Waals surface area contributed by atoms with Crippen LogP contribution in [0.4, 0.5) is 8.78 Å². The number of nitrogens with zero attached hydrogens (tertiary/aromatic N) is 1. The lowest BCUT2D eigenvalue weighted by Gasteiger charge is -2.21. The summed E-state index contributed by atoms with van der Waals surface area (Å²) in [6.45, 7) is 3.06. The zero-order valence-electron chi connectivity index (χ0n) is 9.96. The van der Waals surface area contributed by atoms with Gasteiger partial charge >= 0.3 is 0 Å². The molecular weight excluding hydrogens is 226 g/mol. The normalized spacial score (nSPS) is 11.1. The molecule has 0 fully saturated rings. The molecule has 1 rings (SSSR count). The Kier molecular flexibility index (Phi) is 6.04. The molecule has 0 atom stereocenters. The highest BCUT2D eigenvalue weighted by atomic mass is 19.2. The molecule has 0 radical (unpaired) electrons. The van der Waals surface area contributed by atoms with Gasteiger partial charge in [0.05, 0.1) is 6.61 Å². The van der Waals surface area contributed by atoms with Crippen LogP contribution in [0.2, 0.25) is 0 Å². The van der Waals surface area contributed by atoms with Crippen LogP contribution in [0, 0.1) is 11.6 Å². The van der Waals surface area contributed by atoms with Gasteiger partial charge in [0, 0.05) is 33.3 Å². The lowest BCUT2D eigenvalue weighted by atomic mass is 10.2. The highest BCUT2D eigenvalue weighted by molar-refractivity contribution is 5.17. The number of halogens is 2. The molecule has 0 aromatic heterocycles. The fourth-order valence-corrected chi connectivity index (χ4v) is 1.57.